The molecule has 0 unspecified atom stereocenters. The van der Waals surface area contributed by atoms with Gasteiger partial charge in [0, 0.05) is 12.5 Å². The quantitative estimate of drug-likeness (QED) is 0.785. The molecule has 1 N–H and O–H groups in total. The summed E-state index contributed by atoms with van der Waals surface area (Å²) in [4.78, 5) is 12.6. The molecule has 2 aromatic heterocycles. The Kier molecular flexibility index (Phi) is 4.16. The van der Waals surface area contributed by atoms with E-state index in [1.165, 1.54) is 6.26 Å². The number of hydrogen-bond donors (Lipinski definition) is 1. The maximum absolute atomic E-state index is 12.6. The zero-order valence-corrected chi connectivity index (χ0v) is 13.4. The minimum absolute atomic E-state index is 0.201. The fraction of sp³-hybridized carbons (Fsp3) is 0.294. The zero-order chi connectivity index (χ0) is 16.4. The highest BCUT2D eigenvalue weighted by Gasteiger charge is 2.18. The van der Waals surface area contributed by atoms with Gasteiger partial charge in [-0.05, 0) is 19.9 Å². The van der Waals surface area contributed by atoms with E-state index < -0.39 is 0 Å². The Bertz CT molecular complexity index is 848. The van der Waals surface area contributed by atoms with E-state index in [9.17, 15) is 4.79 Å². The average Bonchev–Trinajstić information content (AvgIpc) is 3.09. The van der Waals surface area contributed by atoms with Crippen molar-refractivity contribution in [1.82, 2.24) is 9.78 Å². The van der Waals surface area contributed by atoms with Gasteiger partial charge in [0.25, 0.3) is 5.91 Å². The maximum atomic E-state index is 12.6. The molecule has 0 bridgehead atoms. The molecule has 0 saturated carbocycles. The first-order chi connectivity index (χ1) is 11.1. The second-order valence-electron chi connectivity index (χ2n) is 5.36. The van der Waals surface area contributed by atoms with Crippen molar-refractivity contribution in [1.29, 1.82) is 0 Å². The number of nitrogens with one attached hydrogen (secondary N) is 1. The molecule has 3 aromatic rings. The van der Waals surface area contributed by atoms with Crippen LogP contribution in [0.4, 0.5) is 5.69 Å². The summed E-state index contributed by atoms with van der Waals surface area (Å²) in [5.41, 5.74) is 3.63. The second kappa shape index (κ2) is 6.26. The number of rotatable bonds is 5. The van der Waals surface area contributed by atoms with Crippen molar-refractivity contribution >= 4 is 22.6 Å². The van der Waals surface area contributed by atoms with E-state index >= 15 is 0 Å². The van der Waals surface area contributed by atoms with E-state index in [1.807, 2.05) is 42.8 Å². The summed E-state index contributed by atoms with van der Waals surface area (Å²) in [6, 6.07) is 7.47. The van der Waals surface area contributed by atoms with Crippen LogP contribution in [0.1, 0.15) is 21.7 Å². The van der Waals surface area contributed by atoms with Gasteiger partial charge in [0.2, 0.25) is 0 Å². The Labute approximate surface area is 134 Å². The molecule has 2 heterocycles. The topological polar surface area (TPSA) is 69.3 Å². The summed E-state index contributed by atoms with van der Waals surface area (Å²) in [7, 11) is 1.65. The van der Waals surface area contributed by atoms with Gasteiger partial charge in [-0.15, -0.1) is 0 Å². The lowest BCUT2D eigenvalue weighted by molar-refractivity contribution is 0.102. The van der Waals surface area contributed by atoms with Gasteiger partial charge < -0.3 is 14.5 Å². The van der Waals surface area contributed by atoms with E-state index in [2.05, 4.69) is 10.4 Å². The molecule has 0 fully saturated rings. The highest BCUT2D eigenvalue weighted by atomic mass is 16.5. The number of aryl methyl sites for hydroxylation is 1. The van der Waals surface area contributed by atoms with Gasteiger partial charge in [-0.3, -0.25) is 9.48 Å². The molecule has 0 spiro atoms. The first kappa shape index (κ1) is 15.3. The molecule has 23 heavy (non-hydrogen) atoms. The monoisotopic (exact) mass is 313 g/mol. The fourth-order valence-electron chi connectivity index (χ4n) is 2.61. The molecule has 0 saturated heterocycles. The van der Waals surface area contributed by atoms with Crippen LogP contribution in [0.5, 0.6) is 0 Å². The SMILES string of the molecule is COCCn1nc(C)c(NC(=O)c2coc3ccccc23)c1C. The molecular formula is C17H19N3O3. The summed E-state index contributed by atoms with van der Waals surface area (Å²) < 4.78 is 12.3. The van der Waals surface area contributed by atoms with Crippen LogP contribution in [0.2, 0.25) is 0 Å². The van der Waals surface area contributed by atoms with E-state index in [-0.39, 0.29) is 5.91 Å². The molecule has 0 aliphatic rings. The third-order valence-electron chi connectivity index (χ3n) is 3.85. The van der Waals surface area contributed by atoms with Crippen LogP contribution in [0.3, 0.4) is 0 Å². The third-order valence-corrected chi connectivity index (χ3v) is 3.85. The maximum Gasteiger partial charge on any atom is 0.259 e. The largest absolute Gasteiger partial charge is 0.463 e. The van der Waals surface area contributed by atoms with Gasteiger partial charge in [-0.2, -0.15) is 5.10 Å². The molecule has 6 nitrogen and oxygen atoms in total. The number of aromatic nitrogens is 2. The number of furan rings is 1. The first-order valence-electron chi connectivity index (χ1n) is 7.42. The Morgan fingerprint density at radius 2 is 2.13 bits per heavy atom. The van der Waals surface area contributed by atoms with Crippen molar-refractivity contribution < 1.29 is 13.9 Å². The fourth-order valence-corrected chi connectivity index (χ4v) is 2.61. The molecule has 3 rings (SSSR count). The minimum Gasteiger partial charge on any atom is -0.463 e. The van der Waals surface area contributed by atoms with Gasteiger partial charge in [-0.25, -0.2) is 0 Å². The summed E-state index contributed by atoms with van der Waals surface area (Å²) in [6.45, 7) is 5.02. The number of carbonyl (C=O) groups is 1. The predicted molar refractivity (Wildman–Crippen MR) is 87.7 cm³/mol. The van der Waals surface area contributed by atoms with Gasteiger partial charge in [0.1, 0.15) is 11.8 Å². The summed E-state index contributed by atoms with van der Waals surface area (Å²) in [5, 5.41) is 8.19. The van der Waals surface area contributed by atoms with E-state index in [4.69, 9.17) is 9.15 Å². The highest BCUT2D eigenvalue weighted by molar-refractivity contribution is 6.12. The average molecular weight is 313 g/mol. The Morgan fingerprint density at radius 1 is 1.35 bits per heavy atom. The Morgan fingerprint density at radius 3 is 2.91 bits per heavy atom. The Balaban J connectivity index is 1.87. The van der Waals surface area contributed by atoms with Gasteiger partial charge in [0.15, 0.2) is 0 Å². The Hall–Kier alpha value is -2.60. The van der Waals surface area contributed by atoms with Crippen LogP contribution < -0.4 is 5.32 Å². The van der Waals surface area contributed by atoms with Gasteiger partial charge in [0.05, 0.1) is 35.8 Å². The lowest BCUT2D eigenvalue weighted by atomic mass is 10.1. The molecular weight excluding hydrogens is 294 g/mol. The number of fused-ring (bicyclic) bond motifs is 1. The lowest BCUT2D eigenvalue weighted by Gasteiger charge is -2.06. The van der Waals surface area contributed by atoms with Crippen LogP contribution in [0.15, 0.2) is 34.9 Å². The number of ether oxygens (including phenoxy) is 1. The molecule has 1 aromatic carbocycles. The molecule has 0 aliphatic heterocycles. The number of benzene rings is 1. The zero-order valence-electron chi connectivity index (χ0n) is 13.4. The van der Waals surface area contributed by atoms with E-state index in [0.29, 0.717) is 24.3 Å². The number of carbonyl (C=O) groups excluding carboxylic acids is 1. The first-order valence-corrected chi connectivity index (χ1v) is 7.42. The van der Waals surface area contributed by atoms with Gasteiger partial charge in [-0.1, -0.05) is 18.2 Å². The lowest BCUT2D eigenvalue weighted by Crippen LogP contribution is -2.13. The number of nitrogens with zero attached hydrogens (tertiary/aromatic N) is 2. The predicted octanol–water partition coefficient (Wildman–Crippen LogP) is 3.14. The molecule has 6 heteroatoms. The van der Waals surface area contributed by atoms with Gasteiger partial charge >= 0.3 is 0 Å². The summed E-state index contributed by atoms with van der Waals surface area (Å²) >= 11 is 0. The number of hydrogen-bond acceptors (Lipinski definition) is 4. The van der Waals surface area contributed by atoms with Crippen LogP contribution in [0, 0.1) is 13.8 Å². The van der Waals surface area contributed by atoms with Crippen LogP contribution >= 0.6 is 0 Å². The number of para-hydroxylation sites is 1. The number of anilines is 1. The normalized spacial score (nSPS) is 11.1. The van der Waals surface area contributed by atoms with Crippen molar-refractivity contribution in [2.24, 2.45) is 0 Å². The molecule has 120 valence electrons. The summed E-state index contributed by atoms with van der Waals surface area (Å²) in [6.07, 6.45) is 1.49. The van der Waals surface area contributed by atoms with Crippen LogP contribution in [0.25, 0.3) is 11.0 Å². The molecule has 0 aliphatic carbocycles. The van der Waals surface area contributed by atoms with Crippen LogP contribution in [-0.4, -0.2) is 29.4 Å². The highest BCUT2D eigenvalue weighted by Crippen LogP contribution is 2.24. The van der Waals surface area contributed by atoms with Crippen LogP contribution in [-0.2, 0) is 11.3 Å². The van der Waals surface area contributed by atoms with Crippen molar-refractivity contribution in [2.75, 3.05) is 19.0 Å². The smallest absolute Gasteiger partial charge is 0.259 e. The molecule has 0 atom stereocenters. The number of methoxy groups -OCH3 is 1. The number of amides is 1. The standard InChI is InChI=1S/C17H19N3O3/c1-11-16(12(2)20(19-11)8-9-22-3)18-17(21)14-10-23-15-7-5-4-6-13(14)15/h4-7,10H,8-9H2,1-3H3,(H,18,21). The minimum atomic E-state index is -0.201. The van der Waals surface area contributed by atoms with Crippen molar-refractivity contribution in [3.8, 4) is 0 Å². The van der Waals surface area contributed by atoms with E-state index in [0.717, 1.165) is 22.5 Å². The summed E-state index contributed by atoms with van der Waals surface area (Å²) in [5.74, 6) is -0.201. The van der Waals surface area contributed by atoms with E-state index in [1.54, 1.807) is 7.11 Å². The van der Waals surface area contributed by atoms with Crippen molar-refractivity contribution in [2.45, 2.75) is 20.4 Å². The molecule has 0 radical (unpaired) electrons. The van der Waals surface area contributed by atoms with Crippen molar-refractivity contribution in [3.05, 3.63) is 47.5 Å². The third kappa shape index (κ3) is 2.85. The molecule has 1 amide bonds. The second-order valence-corrected chi connectivity index (χ2v) is 5.36. The van der Waals surface area contributed by atoms with Crippen molar-refractivity contribution in [3.63, 3.8) is 0 Å².